The lowest BCUT2D eigenvalue weighted by Crippen LogP contribution is -2.33. The molecule has 0 radical (unpaired) electrons. The fourth-order valence-electron chi connectivity index (χ4n) is 2.97. The predicted octanol–water partition coefficient (Wildman–Crippen LogP) is 4.59. The summed E-state index contributed by atoms with van der Waals surface area (Å²) in [6.07, 6.45) is 0.614. The van der Waals surface area contributed by atoms with E-state index >= 15 is 0 Å². The van der Waals surface area contributed by atoms with Crippen molar-refractivity contribution >= 4 is 17.7 Å². The minimum absolute atomic E-state index is 0.00839. The minimum atomic E-state index is -0.427. The van der Waals surface area contributed by atoms with Crippen LogP contribution in [0, 0.1) is 18.6 Å². The van der Waals surface area contributed by atoms with E-state index in [9.17, 15) is 13.6 Å². The second-order valence-corrected chi connectivity index (χ2v) is 7.23. The molecule has 0 bridgehead atoms. The summed E-state index contributed by atoms with van der Waals surface area (Å²) in [6.45, 7) is 3.08. The van der Waals surface area contributed by atoms with Crippen LogP contribution >= 0.6 is 11.8 Å². The van der Waals surface area contributed by atoms with Gasteiger partial charge in [-0.15, -0.1) is 0 Å². The molecule has 2 aromatic carbocycles. The van der Waals surface area contributed by atoms with E-state index in [0.29, 0.717) is 36.4 Å². The van der Waals surface area contributed by atoms with Gasteiger partial charge in [0.2, 0.25) is 0 Å². The molecule has 0 N–H and O–H groups in total. The number of thioether (sulfide) groups is 1. The van der Waals surface area contributed by atoms with Crippen molar-refractivity contribution in [1.29, 1.82) is 0 Å². The molecule has 1 atom stereocenters. The highest BCUT2D eigenvalue weighted by Gasteiger charge is 2.25. The number of halogens is 2. The van der Waals surface area contributed by atoms with Crippen LogP contribution in [0.5, 0.6) is 0 Å². The summed E-state index contributed by atoms with van der Waals surface area (Å²) < 4.78 is 27.4. The summed E-state index contributed by atoms with van der Waals surface area (Å²) in [5, 5.41) is -0.129. The van der Waals surface area contributed by atoms with Crippen LogP contribution in [0.2, 0.25) is 0 Å². The van der Waals surface area contributed by atoms with Gasteiger partial charge in [-0.05, 0) is 43.2 Å². The first-order chi connectivity index (χ1) is 11.6. The average molecular weight is 347 g/mol. The second kappa shape index (κ2) is 7.34. The van der Waals surface area contributed by atoms with Gasteiger partial charge in [0.05, 0.1) is 0 Å². The molecule has 0 aliphatic carbocycles. The second-order valence-electron chi connectivity index (χ2n) is 5.92. The van der Waals surface area contributed by atoms with Crippen LogP contribution in [0.15, 0.2) is 42.5 Å². The topological polar surface area (TPSA) is 20.3 Å². The predicted molar refractivity (Wildman–Crippen MR) is 93.3 cm³/mol. The van der Waals surface area contributed by atoms with Crippen molar-refractivity contribution in [1.82, 2.24) is 4.90 Å². The SMILES string of the molecule is Cc1ccccc1C(=O)N1CCSC(c2cc(F)ccc2F)CC1. The molecule has 1 amide bonds. The van der Waals surface area contributed by atoms with Gasteiger partial charge in [0, 0.05) is 35.2 Å². The Bertz CT molecular complexity index is 750. The third-order valence-electron chi connectivity index (χ3n) is 4.31. The number of hydrogen-bond acceptors (Lipinski definition) is 2. The maximum absolute atomic E-state index is 14.0. The molecule has 1 fully saturated rings. The van der Waals surface area contributed by atoms with Crippen LogP contribution in [0.4, 0.5) is 8.78 Å². The van der Waals surface area contributed by atoms with Gasteiger partial charge in [0.25, 0.3) is 5.91 Å². The average Bonchev–Trinajstić information content (AvgIpc) is 2.83. The number of carbonyl (C=O) groups is 1. The largest absolute Gasteiger partial charge is 0.338 e. The third kappa shape index (κ3) is 3.61. The molecule has 126 valence electrons. The summed E-state index contributed by atoms with van der Waals surface area (Å²) in [7, 11) is 0. The maximum Gasteiger partial charge on any atom is 0.254 e. The van der Waals surface area contributed by atoms with Crippen molar-refractivity contribution in [2.24, 2.45) is 0 Å². The van der Waals surface area contributed by atoms with Crippen LogP contribution < -0.4 is 0 Å². The fourth-order valence-corrected chi connectivity index (χ4v) is 4.21. The van der Waals surface area contributed by atoms with Gasteiger partial charge < -0.3 is 4.90 Å². The molecule has 1 unspecified atom stereocenters. The van der Waals surface area contributed by atoms with Gasteiger partial charge >= 0.3 is 0 Å². The van der Waals surface area contributed by atoms with E-state index < -0.39 is 5.82 Å². The molecule has 5 heteroatoms. The van der Waals surface area contributed by atoms with E-state index in [4.69, 9.17) is 0 Å². The first-order valence-electron chi connectivity index (χ1n) is 7.97. The quantitative estimate of drug-likeness (QED) is 0.792. The van der Waals surface area contributed by atoms with Crippen LogP contribution in [0.25, 0.3) is 0 Å². The van der Waals surface area contributed by atoms with E-state index in [1.807, 2.05) is 36.1 Å². The number of rotatable bonds is 2. The summed E-state index contributed by atoms with van der Waals surface area (Å²) in [6, 6.07) is 11.1. The summed E-state index contributed by atoms with van der Waals surface area (Å²) in [4.78, 5) is 14.5. The van der Waals surface area contributed by atoms with Crippen LogP contribution in [-0.4, -0.2) is 29.6 Å². The Morgan fingerprint density at radius 3 is 2.75 bits per heavy atom. The zero-order chi connectivity index (χ0) is 17.1. The summed E-state index contributed by atoms with van der Waals surface area (Å²) >= 11 is 1.58. The normalized spacial score (nSPS) is 18.3. The van der Waals surface area contributed by atoms with E-state index in [-0.39, 0.29) is 17.0 Å². The number of amides is 1. The van der Waals surface area contributed by atoms with Crippen LogP contribution in [0.1, 0.15) is 33.2 Å². The molecule has 1 heterocycles. The highest BCUT2D eigenvalue weighted by atomic mass is 32.2. The molecule has 0 saturated carbocycles. The zero-order valence-corrected chi connectivity index (χ0v) is 14.3. The number of carbonyl (C=O) groups excluding carboxylic acids is 1. The number of hydrogen-bond donors (Lipinski definition) is 0. The van der Waals surface area contributed by atoms with Crippen molar-refractivity contribution in [3.8, 4) is 0 Å². The number of benzene rings is 2. The van der Waals surface area contributed by atoms with Crippen molar-refractivity contribution in [3.63, 3.8) is 0 Å². The van der Waals surface area contributed by atoms with Crippen molar-refractivity contribution in [2.45, 2.75) is 18.6 Å². The molecule has 2 aromatic rings. The lowest BCUT2D eigenvalue weighted by atomic mass is 10.1. The highest BCUT2D eigenvalue weighted by Crippen LogP contribution is 2.36. The van der Waals surface area contributed by atoms with Gasteiger partial charge in [-0.1, -0.05) is 18.2 Å². The standard InChI is InChI=1S/C19H19F2NOS/c1-13-4-2-3-5-15(13)19(23)22-9-8-18(24-11-10-22)16-12-14(20)6-7-17(16)21/h2-7,12,18H,8-11H2,1H3. The Hall–Kier alpha value is -1.88. The third-order valence-corrected chi connectivity index (χ3v) is 5.62. The lowest BCUT2D eigenvalue weighted by Gasteiger charge is -2.21. The van der Waals surface area contributed by atoms with E-state index in [2.05, 4.69) is 0 Å². The lowest BCUT2D eigenvalue weighted by molar-refractivity contribution is 0.0766. The van der Waals surface area contributed by atoms with Gasteiger partial charge in [-0.3, -0.25) is 4.79 Å². The Labute approximate surface area is 144 Å². The van der Waals surface area contributed by atoms with Crippen molar-refractivity contribution in [2.75, 3.05) is 18.8 Å². The molecule has 0 spiro atoms. The van der Waals surface area contributed by atoms with Crippen LogP contribution in [-0.2, 0) is 0 Å². The molecule has 1 saturated heterocycles. The number of aryl methyl sites for hydroxylation is 1. The molecule has 1 aliphatic rings. The van der Waals surface area contributed by atoms with Gasteiger partial charge in [0.15, 0.2) is 0 Å². The van der Waals surface area contributed by atoms with Gasteiger partial charge in [0.1, 0.15) is 11.6 Å². The molecule has 0 aromatic heterocycles. The summed E-state index contributed by atoms with van der Waals surface area (Å²) in [5.74, 6) is -0.0937. The van der Waals surface area contributed by atoms with Crippen LogP contribution in [0.3, 0.4) is 0 Å². The van der Waals surface area contributed by atoms with E-state index in [0.717, 1.165) is 11.6 Å². The Morgan fingerprint density at radius 1 is 1.17 bits per heavy atom. The molecule has 24 heavy (non-hydrogen) atoms. The first kappa shape index (κ1) is 17.0. The molecule has 3 rings (SSSR count). The first-order valence-corrected chi connectivity index (χ1v) is 9.02. The monoisotopic (exact) mass is 347 g/mol. The molecule has 2 nitrogen and oxygen atoms in total. The number of nitrogens with zero attached hydrogens (tertiary/aromatic N) is 1. The van der Waals surface area contributed by atoms with Crippen molar-refractivity contribution in [3.05, 3.63) is 70.8 Å². The van der Waals surface area contributed by atoms with Gasteiger partial charge in [-0.2, -0.15) is 11.8 Å². The Kier molecular flexibility index (Phi) is 5.19. The Morgan fingerprint density at radius 2 is 1.96 bits per heavy atom. The maximum atomic E-state index is 14.0. The molecular weight excluding hydrogens is 328 g/mol. The molecular formula is C19H19F2NOS. The summed E-state index contributed by atoms with van der Waals surface area (Å²) in [5.41, 5.74) is 2.05. The van der Waals surface area contributed by atoms with E-state index in [1.54, 1.807) is 11.8 Å². The Balaban J connectivity index is 1.75. The fraction of sp³-hybridized carbons (Fsp3) is 0.316. The highest BCUT2D eigenvalue weighted by molar-refractivity contribution is 7.99. The zero-order valence-electron chi connectivity index (χ0n) is 13.5. The smallest absolute Gasteiger partial charge is 0.254 e. The minimum Gasteiger partial charge on any atom is -0.338 e. The van der Waals surface area contributed by atoms with Gasteiger partial charge in [-0.25, -0.2) is 8.78 Å². The van der Waals surface area contributed by atoms with E-state index in [1.165, 1.54) is 12.1 Å². The van der Waals surface area contributed by atoms with Crippen molar-refractivity contribution < 1.29 is 13.6 Å². The molecule has 1 aliphatic heterocycles.